The number of aromatic nitrogens is 1. The van der Waals surface area contributed by atoms with Crippen molar-refractivity contribution in [3.8, 4) is 0 Å². The fourth-order valence-corrected chi connectivity index (χ4v) is 3.51. The number of anilines is 1. The van der Waals surface area contributed by atoms with E-state index in [0.29, 0.717) is 26.9 Å². The van der Waals surface area contributed by atoms with E-state index in [1.807, 2.05) is 0 Å². The number of aliphatic hydroxyl groups excluding tert-OH is 1. The minimum Gasteiger partial charge on any atom is -0.507 e. The summed E-state index contributed by atoms with van der Waals surface area (Å²) in [6.45, 7) is 1.68. The Bertz CT molecular complexity index is 1130. The van der Waals surface area contributed by atoms with E-state index >= 15 is 0 Å². The van der Waals surface area contributed by atoms with Gasteiger partial charge in [-0.15, -0.1) is 0 Å². The van der Waals surface area contributed by atoms with Crippen LogP contribution in [0.2, 0.25) is 10.0 Å². The largest absolute Gasteiger partial charge is 0.507 e. The minimum atomic E-state index is -0.896. The number of halogens is 2. The number of carbonyl (C=O) groups is 2. The molecule has 1 aromatic heterocycles. The van der Waals surface area contributed by atoms with Gasteiger partial charge >= 0.3 is 5.91 Å². The number of benzene rings is 2. The quantitative estimate of drug-likeness (QED) is 0.363. The Morgan fingerprint density at radius 3 is 2.17 bits per heavy atom. The van der Waals surface area contributed by atoms with Gasteiger partial charge in [0.05, 0.1) is 11.6 Å². The van der Waals surface area contributed by atoms with Crippen LogP contribution < -0.4 is 4.90 Å². The maximum absolute atomic E-state index is 12.9. The number of nitrogens with zero attached hydrogens (tertiary/aromatic N) is 2. The van der Waals surface area contributed by atoms with Crippen LogP contribution in [0.3, 0.4) is 0 Å². The normalized spacial score (nSPS) is 18.4. The number of ketones is 1. The third-order valence-corrected chi connectivity index (χ3v) is 5.11. The molecule has 1 atom stereocenters. The molecule has 6 nitrogen and oxygen atoms in total. The highest BCUT2D eigenvalue weighted by Crippen LogP contribution is 2.42. The number of rotatable bonds is 3. The first-order valence-electron chi connectivity index (χ1n) is 8.62. The first-order valence-corrected chi connectivity index (χ1v) is 9.38. The van der Waals surface area contributed by atoms with Crippen LogP contribution in [-0.2, 0) is 9.59 Å². The average Bonchev–Trinajstić information content (AvgIpc) is 3.24. The molecule has 1 N–H and O–H groups in total. The van der Waals surface area contributed by atoms with E-state index < -0.39 is 17.7 Å². The predicted octanol–water partition coefficient (Wildman–Crippen LogP) is 4.92. The lowest BCUT2D eigenvalue weighted by Gasteiger charge is -2.22. The van der Waals surface area contributed by atoms with Gasteiger partial charge < -0.3 is 9.63 Å². The second-order valence-corrected chi connectivity index (χ2v) is 7.40. The van der Waals surface area contributed by atoms with Crippen LogP contribution in [0.5, 0.6) is 0 Å². The van der Waals surface area contributed by atoms with Gasteiger partial charge in [0.15, 0.2) is 5.82 Å². The fourth-order valence-electron chi connectivity index (χ4n) is 3.26. The average molecular weight is 429 g/mol. The molecule has 1 amide bonds. The van der Waals surface area contributed by atoms with Crippen LogP contribution in [0.4, 0.5) is 5.82 Å². The van der Waals surface area contributed by atoms with Crippen molar-refractivity contribution in [1.29, 1.82) is 0 Å². The number of aryl methyl sites for hydroxylation is 1. The summed E-state index contributed by atoms with van der Waals surface area (Å²) in [4.78, 5) is 27.0. The molecule has 8 heteroatoms. The Balaban J connectivity index is 1.93. The molecule has 0 spiro atoms. The van der Waals surface area contributed by atoms with E-state index in [4.69, 9.17) is 27.7 Å². The highest BCUT2D eigenvalue weighted by Gasteiger charge is 2.48. The summed E-state index contributed by atoms with van der Waals surface area (Å²) in [6, 6.07) is 13.6. The van der Waals surface area contributed by atoms with Gasteiger partial charge in [-0.25, -0.2) is 0 Å². The van der Waals surface area contributed by atoms with E-state index in [2.05, 4.69) is 5.16 Å². The third kappa shape index (κ3) is 3.41. The Kier molecular flexibility index (Phi) is 4.90. The number of hydrogen-bond donors (Lipinski definition) is 1. The Morgan fingerprint density at radius 1 is 1.03 bits per heavy atom. The molecule has 4 rings (SSSR count). The SMILES string of the molecule is Cc1cc(N2C(=O)C(=O)C(=C(O)c3ccc(Cl)cc3)C2c2ccc(Cl)cc2)no1. The van der Waals surface area contributed by atoms with E-state index in [-0.39, 0.29) is 17.2 Å². The lowest BCUT2D eigenvalue weighted by Crippen LogP contribution is -2.29. The number of carbonyl (C=O) groups excluding carboxylic acids is 2. The summed E-state index contributed by atoms with van der Waals surface area (Å²) in [5.41, 5.74) is 0.896. The van der Waals surface area contributed by atoms with E-state index in [1.54, 1.807) is 61.5 Å². The second-order valence-electron chi connectivity index (χ2n) is 6.52. The summed E-state index contributed by atoms with van der Waals surface area (Å²) in [7, 11) is 0. The maximum atomic E-state index is 12.9. The Morgan fingerprint density at radius 2 is 1.62 bits per heavy atom. The van der Waals surface area contributed by atoms with Crippen molar-refractivity contribution in [2.75, 3.05) is 4.90 Å². The van der Waals surface area contributed by atoms with Gasteiger partial charge in [0.2, 0.25) is 0 Å². The number of Topliss-reactive ketones (excluding diaryl/α,β-unsaturated/α-hetero) is 1. The van der Waals surface area contributed by atoms with Crippen molar-refractivity contribution in [3.05, 3.63) is 87.1 Å². The van der Waals surface area contributed by atoms with Gasteiger partial charge in [-0.3, -0.25) is 14.5 Å². The first-order chi connectivity index (χ1) is 13.9. The zero-order valence-electron chi connectivity index (χ0n) is 15.1. The molecule has 1 aliphatic heterocycles. The number of hydrogen-bond acceptors (Lipinski definition) is 5. The van der Waals surface area contributed by atoms with E-state index in [0.717, 1.165) is 0 Å². The van der Waals surface area contributed by atoms with Gasteiger partial charge in [0.1, 0.15) is 11.5 Å². The fraction of sp³-hybridized carbons (Fsp3) is 0.0952. The summed E-state index contributed by atoms with van der Waals surface area (Å²) in [5.74, 6) is -1.27. The molecule has 1 aliphatic rings. The summed E-state index contributed by atoms with van der Waals surface area (Å²) >= 11 is 11.9. The molecule has 2 aromatic carbocycles. The lowest BCUT2D eigenvalue weighted by molar-refractivity contribution is -0.132. The van der Waals surface area contributed by atoms with Gasteiger partial charge in [0, 0.05) is 21.7 Å². The highest BCUT2D eigenvalue weighted by atomic mass is 35.5. The van der Waals surface area contributed by atoms with Crippen LogP contribution >= 0.6 is 23.2 Å². The van der Waals surface area contributed by atoms with Gasteiger partial charge in [-0.05, 0) is 48.9 Å². The topological polar surface area (TPSA) is 83.6 Å². The zero-order chi connectivity index (χ0) is 20.7. The molecular formula is C21H14Cl2N2O4. The summed E-state index contributed by atoms with van der Waals surface area (Å²) < 4.78 is 5.09. The monoisotopic (exact) mass is 428 g/mol. The molecular weight excluding hydrogens is 415 g/mol. The maximum Gasteiger partial charge on any atom is 0.301 e. The van der Waals surface area contributed by atoms with Crippen molar-refractivity contribution >= 4 is 46.5 Å². The molecule has 0 radical (unpaired) electrons. The van der Waals surface area contributed by atoms with E-state index in [1.165, 1.54) is 4.90 Å². The van der Waals surface area contributed by atoms with Crippen LogP contribution in [-0.4, -0.2) is 22.0 Å². The first kappa shape index (κ1) is 19.2. The molecule has 0 bridgehead atoms. The van der Waals surface area contributed by atoms with Crippen molar-refractivity contribution in [1.82, 2.24) is 5.16 Å². The Hall–Kier alpha value is -3.09. The lowest BCUT2D eigenvalue weighted by atomic mass is 9.95. The zero-order valence-corrected chi connectivity index (χ0v) is 16.6. The van der Waals surface area contributed by atoms with Gasteiger partial charge in [-0.2, -0.15) is 0 Å². The summed E-state index contributed by atoms with van der Waals surface area (Å²) in [6.07, 6.45) is 0. The van der Waals surface area contributed by atoms with Crippen LogP contribution in [0.25, 0.3) is 5.76 Å². The molecule has 3 aromatic rings. The standard InChI is InChI=1S/C21H14Cl2N2O4/c1-11-10-16(24-29-11)25-18(12-2-6-14(22)7-3-12)17(20(27)21(25)28)19(26)13-4-8-15(23)9-5-13/h2-10,18,26H,1H3. The van der Waals surface area contributed by atoms with Crippen LogP contribution in [0.15, 0.2) is 64.7 Å². The molecule has 0 aliphatic carbocycles. The summed E-state index contributed by atoms with van der Waals surface area (Å²) in [5, 5.41) is 15.8. The molecule has 1 fully saturated rings. The third-order valence-electron chi connectivity index (χ3n) is 4.61. The molecule has 0 saturated carbocycles. The highest BCUT2D eigenvalue weighted by molar-refractivity contribution is 6.51. The van der Waals surface area contributed by atoms with Crippen LogP contribution in [0.1, 0.15) is 22.9 Å². The molecule has 1 unspecified atom stereocenters. The van der Waals surface area contributed by atoms with Crippen molar-refractivity contribution in [2.45, 2.75) is 13.0 Å². The smallest absolute Gasteiger partial charge is 0.301 e. The number of aliphatic hydroxyl groups is 1. The molecule has 29 heavy (non-hydrogen) atoms. The molecule has 2 heterocycles. The Labute approximate surface area is 175 Å². The van der Waals surface area contributed by atoms with Crippen molar-refractivity contribution in [3.63, 3.8) is 0 Å². The van der Waals surface area contributed by atoms with Gasteiger partial charge in [0.25, 0.3) is 5.78 Å². The van der Waals surface area contributed by atoms with Crippen molar-refractivity contribution in [2.24, 2.45) is 0 Å². The minimum absolute atomic E-state index is 0.0553. The van der Waals surface area contributed by atoms with Crippen molar-refractivity contribution < 1.29 is 19.2 Å². The number of amides is 1. The second kappa shape index (κ2) is 7.39. The van der Waals surface area contributed by atoms with E-state index in [9.17, 15) is 14.7 Å². The molecule has 1 saturated heterocycles. The van der Waals surface area contributed by atoms with Gasteiger partial charge in [-0.1, -0.05) is 40.5 Å². The van der Waals surface area contributed by atoms with Crippen LogP contribution in [0, 0.1) is 6.92 Å². The predicted molar refractivity (Wildman–Crippen MR) is 109 cm³/mol. The molecule has 146 valence electrons.